The van der Waals surface area contributed by atoms with Gasteiger partial charge < -0.3 is 10.4 Å². The molecule has 0 bridgehead atoms. The molecule has 0 saturated carbocycles. The largest absolute Gasteiger partial charge is 0.481 e. The minimum absolute atomic E-state index is 0.223. The molecule has 0 aromatic carbocycles. The van der Waals surface area contributed by atoms with Gasteiger partial charge in [-0.15, -0.1) is 0 Å². The summed E-state index contributed by atoms with van der Waals surface area (Å²) in [6.45, 7) is 5.70. The van der Waals surface area contributed by atoms with Crippen LogP contribution in [0.25, 0.3) is 0 Å². The topological polar surface area (TPSA) is 49.3 Å². The van der Waals surface area contributed by atoms with E-state index in [2.05, 4.69) is 12.2 Å². The van der Waals surface area contributed by atoms with Gasteiger partial charge in [0.2, 0.25) is 0 Å². The highest BCUT2D eigenvalue weighted by molar-refractivity contribution is 5.69. The molecule has 72 valence electrons. The molecule has 3 nitrogen and oxygen atoms in total. The van der Waals surface area contributed by atoms with Gasteiger partial charge in [0.05, 0.1) is 5.92 Å². The van der Waals surface area contributed by atoms with Crippen molar-refractivity contribution >= 4 is 5.97 Å². The lowest BCUT2D eigenvalue weighted by Crippen LogP contribution is -2.21. The van der Waals surface area contributed by atoms with Crippen molar-refractivity contribution in [2.75, 3.05) is 13.1 Å². The maximum absolute atomic E-state index is 10.4. The van der Waals surface area contributed by atoms with Crippen molar-refractivity contribution in [2.24, 2.45) is 5.92 Å². The molecule has 12 heavy (non-hydrogen) atoms. The Balaban J connectivity index is 3.14. The number of carboxylic acids is 1. The van der Waals surface area contributed by atoms with E-state index in [1.54, 1.807) is 6.92 Å². The van der Waals surface area contributed by atoms with Crippen LogP contribution in [0.3, 0.4) is 0 Å². The summed E-state index contributed by atoms with van der Waals surface area (Å²) < 4.78 is 0. The number of hydrogen-bond acceptors (Lipinski definition) is 2. The molecule has 0 aliphatic heterocycles. The zero-order chi connectivity index (χ0) is 9.40. The van der Waals surface area contributed by atoms with Crippen LogP contribution in [0, 0.1) is 5.92 Å². The second kappa shape index (κ2) is 7.10. The summed E-state index contributed by atoms with van der Waals surface area (Å²) in [4.78, 5) is 10.4. The van der Waals surface area contributed by atoms with E-state index in [1.807, 2.05) is 0 Å². The van der Waals surface area contributed by atoms with Crippen LogP contribution in [-0.2, 0) is 4.79 Å². The molecule has 3 heteroatoms. The molecule has 0 heterocycles. The van der Waals surface area contributed by atoms with Gasteiger partial charge in [0.25, 0.3) is 0 Å². The highest BCUT2D eigenvalue weighted by Crippen LogP contribution is 1.99. The fourth-order valence-corrected chi connectivity index (χ4v) is 0.869. The van der Waals surface area contributed by atoms with Gasteiger partial charge in [-0.05, 0) is 25.9 Å². The van der Waals surface area contributed by atoms with Gasteiger partial charge in [0.15, 0.2) is 0 Å². The van der Waals surface area contributed by atoms with Crippen LogP contribution >= 0.6 is 0 Å². The third-order valence-corrected chi connectivity index (χ3v) is 1.88. The monoisotopic (exact) mass is 173 g/mol. The number of unbranched alkanes of at least 4 members (excludes halogenated alkanes) is 1. The van der Waals surface area contributed by atoms with Gasteiger partial charge in [-0.25, -0.2) is 0 Å². The summed E-state index contributed by atoms with van der Waals surface area (Å²) >= 11 is 0. The molecule has 0 spiro atoms. The number of nitrogens with one attached hydrogen (secondary N) is 1. The Morgan fingerprint density at radius 1 is 1.50 bits per heavy atom. The Morgan fingerprint density at radius 3 is 2.67 bits per heavy atom. The van der Waals surface area contributed by atoms with Crippen molar-refractivity contribution < 1.29 is 9.90 Å². The van der Waals surface area contributed by atoms with Crippen molar-refractivity contribution in [2.45, 2.75) is 33.1 Å². The first-order valence-corrected chi connectivity index (χ1v) is 4.62. The molecular weight excluding hydrogens is 154 g/mol. The van der Waals surface area contributed by atoms with E-state index in [1.165, 1.54) is 12.8 Å². The van der Waals surface area contributed by atoms with Gasteiger partial charge in [-0.3, -0.25) is 4.79 Å². The molecule has 0 rings (SSSR count). The predicted molar refractivity (Wildman–Crippen MR) is 49.2 cm³/mol. The molecule has 0 aliphatic rings. The molecule has 0 aromatic rings. The van der Waals surface area contributed by atoms with Crippen molar-refractivity contribution in [3.05, 3.63) is 0 Å². The summed E-state index contributed by atoms with van der Waals surface area (Å²) in [6.07, 6.45) is 3.07. The molecule has 0 saturated heterocycles. The van der Waals surface area contributed by atoms with Gasteiger partial charge in [-0.1, -0.05) is 20.3 Å². The quantitative estimate of drug-likeness (QED) is 0.573. The lowest BCUT2D eigenvalue weighted by molar-refractivity contribution is -0.141. The molecule has 1 unspecified atom stereocenters. The average Bonchev–Trinajstić information content (AvgIpc) is 2.03. The number of carboxylic acid groups (broad SMARTS) is 1. The fourth-order valence-electron chi connectivity index (χ4n) is 0.869. The minimum atomic E-state index is -0.702. The van der Waals surface area contributed by atoms with Crippen molar-refractivity contribution in [3.63, 3.8) is 0 Å². The number of hydrogen-bond donors (Lipinski definition) is 2. The SMILES string of the molecule is CCCCNCCC(C)C(=O)O. The number of carbonyl (C=O) groups is 1. The van der Waals surface area contributed by atoms with Crippen molar-refractivity contribution in [1.29, 1.82) is 0 Å². The predicted octanol–water partition coefficient (Wildman–Crippen LogP) is 1.49. The lowest BCUT2D eigenvalue weighted by atomic mass is 10.1. The second-order valence-electron chi connectivity index (χ2n) is 3.13. The Labute approximate surface area is 74.2 Å². The van der Waals surface area contributed by atoms with Crippen molar-refractivity contribution in [1.82, 2.24) is 5.32 Å². The van der Waals surface area contributed by atoms with E-state index in [0.29, 0.717) is 0 Å². The number of aliphatic carboxylic acids is 1. The van der Waals surface area contributed by atoms with Gasteiger partial charge >= 0.3 is 5.97 Å². The summed E-state index contributed by atoms with van der Waals surface area (Å²) in [5.74, 6) is -0.925. The Kier molecular flexibility index (Phi) is 6.76. The summed E-state index contributed by atoms with van der Waals surface area (Å²) in [5.41, 5.74) is 0. The maximum Gasteiger partial charge on any atom is 0.306 e. The first kappa shape index (κ1) is 11.4. The highest BCUT2D eigenvalue weighted by atomic mass is 16.4. The van der Waals surface area contributed by atoms with E-state index in [-0.39, 0.29) is 5.92 Å². The third-order valence-electron chi connectivity index (χ3n) is 1.88. The minimum Gasteiger partial charge on any atom is -0.481 e. The smallest absolute Gasteiger partial charge is 0.306 e. The Morgan fingerprint density at radius 2 is 2.17 bits per heavy atom. The van der Waals surface area contributed by atoms with Crippen LogP contribution in [0.15, 0.2) is 0 Å². The van der Waals surface area contributed by atoms with Crippen LogP contribution < -0.4 is 5.32 Å². The summed E-state index contributed by atoms with van der Waals surface area (Å²) in [6, 6.07) is 0. The van der Waals surface area contributed by atoms with E-state index in [9.17, 15) is 4.79 Å². The summed E-state index contributed by atoms with van der Waals surface area (Å²) in [7, 11) is 0. The van der Waals surface area contributed by atoms with Crippen LogP contribution in [0.5, 0.6) is 0 Å². The number of rotatable bonds is 7. The molecule has 2 N–H and O–H groups in total. The van der Waals surface area contributed by atoms with Crippen LogP contribution in [0.1, 0.15) is 33.1 Å². The van der Waals surface area contributed by atoms with Gasteiger partial charge in [0.1, 0.15) is 0 Å². The average molecular weight is 173 g/mol. The third kappa shape index (κ3) is 6.16. The fraction of sp³-hybridized carbons (Fsp3) is 0.889. The molecule has 1 atom stereocenters. The molecule has 0 fully saturated rings. The molecule has 0 aromatic heterocycles. The first-order chi connectivity index (χ1) is 5.68. The molecule has 0 aliphatic carbocycles. The van der Waals surface area contributed by atoms with Crippen LogP contribution in [0.2, 0.25) is 0 Å². The lowest BCUT2D eigenvalue weighted by Gasteiger charge is -2.06. The molecular formula is C9H19NO2. The van der Waals surface area contributed by atoms with Gasteiger partial charge in [-0.2, -0.15) is 0 Å². The zero-order valence-electron chi connectivity index (χ0n) is 7.97. The Hall–Kier alpha value is -0.570. The summed E-state index contributed by atoms with van der Waals surface area (Å²) in [5, 5.41) is 11.8. The first-order valence-electron chi connectivity index (χ1n) is 4.62. The second-order valence-corrected chi connectivity index (χ2v) is 3.13. The van der Waals surface area contributed by atoms with Crippen molar-refractivity contribution in [3.8, 4) is 0 Å². The van der Waals surface area contributed by atoms with Gasteiger partial charge in [0, 0.05) is 0 Å². The highest BCUT2D eigenvalue weighted by Gasteiger charge is 2.08. The maximum atomic E-state index is 10.4. The van der Waals surface area contributed by atoms with Crippen LogP contribution in [-0.4, -0.2) is 24.2 Å². The molecule has 0 amide bonds. The van der Waals surface area contributed by atoms with E-state index >= 15 is 0 Å². The van der Waals surface area contributed by atoms with E-state index in [4.69, 9.17) is 5.11 Å². The zero-order valence-corrected chi connectivity index (χ0v) is 7.97. The molecule has 0 radical (unpaired) electrons. The van der Waals surface area contributed by atoms with E-state index < -0.39 is 5.97 Å². The standard InChI is InChI=1S/C9H19NO2/c1-3-4-6-10-7-5-8(2)9(11)12/h8,10H,3-7H2,1-2H3,(H,11,12). The van der Waals surface area contributed by atoms with Crippen LogP contribution in [0.4, 0.5) is 0 Å². The van der Waals surface area contributed by atoms with E-state index in [0.717, 1.165) is 19.5 Å². The Bertz CT molecular complexity index is 126. The normalized spacial score (nSPS) is 12.8.